The third-order valence-corrected chi connectivity index (χ3v) is 2.68. The Morgan fingerprint density at radius 3 is 2.61 bits per heavy atom. The molecule has 0 bridgehead atoms. The largest absolute Gasteiger partial charge is 0.560 e. The van der Waals surface area contributed by atoms with E-state index >= 15 is 0 Å². The Morgan fingerprint density at radius 1 is 1.00 bits per heavy atom. The van der Waals surface area contributed by atoms with Gasteiger partial charge in [-0.25, -0.2) is 0 Å². The molecule has 0 aromatic heterocycles. The maximum atomic E-state index is 9.93. The average molecular weight is 242 g/mol. The highest BCUT2D eigenvalue weighted by molar-refractivity contribution is 6.60. The predicted molar refractivity (Wildman–Crippen MR) is 67.2 cm³/mol. The van der Waals surface area contributed by atoms with Crippen molar-refractivity contribution in [2.45, 2.75) is 0 Å². The fraction of sp³-hybridized carbons (Fsp3) is 0.0769. The van der Waals surface area contributed by atoms with E-state index in [0.29, 0.717) is 22.7 Å². The fourth-order valence-corrected chi connectivity index (χ4v) is 1.76. The lowest BCUT2D eigenvalue weighted by Crippen LogP contribution is -2.36. The van der Waals surface area contributed by atoms with E-state index in [-0.39, 0.29) is 6.79 Å². The van der Waals surface area contributed by atoms with Gasteiger partial charge in [-0.15, -0.1) is 0 Å². The molecule has 18 heavy (non-hydrogen) atoms. The standard InChI is InChI=1S/C13H11BO4/c15-14(10-4-2-1-3-5-10)18-11-6-7-12-13(8-11)17-9-16-12/h1-8,15H,9H2. The Balaban J connectivity index is 1.77. The van der Waals surface area contributed by atoms with Crippen LogP contribution in [0.1, 0.15) is 0 Å². The molecular formula is C13H11BO4. The summed E-state index contributed by atoms with van der Waals surface area (Å²) < 4.78 is 15.9. The second-order valence-corrected chi connectivity index (χ2v) is 3.90. The Labute approximate surface area is 105 Å². The van der Waals surface area contributed by atoms with Gasteiger partial charge in [-0.05, 0) is 17.6 Å². The molecule has 0 atom stereocenters. The van der Waals surface area contributed by atoms with Crippen LogP contribution in [-0.2, 0) is 0 Å². The van der Waals surface area contributed by atoms with E-state index in [1.165, 1.54) is 0 Å². The summed E-state index contributed by atoms with van der Waals surface area (Å²) in [5.41, 5.74) is 0.704. The average Bonchev–Trinajstić information content (AvgIpc) is 2.87. The summed E-state index contributed by atoms with van der Waals surface area (Å²) in [5, 5.41) is 9.93. The lowest BCUT2D eigenvalue weighted by molar-refractivity contribution is 0.174. The third-order valence-electron chi connectivity index (χ3n) is 2.68. The van der Waals surface area contributed by atoms with Crippen LogP contribution < -0.4 is 19.6 Å². The Bertz CT molecular complexity index is 544. The van der Waals surface area contributed by atoms with Gasteiger partial charge in [0.25, 0.3) is 0 Å². The molecule has 0 aliphatic carbocycles. The van der Waals surface area contributed by atoms with Crippen LogP contribution in [-0.4, -0.2) is 18.9 Å². The number of fused-ring (bicyclic) bond motifs is 1. The highest BCUT2D eigenvalue weighted by atomic mass is 16.7. The zero-order valence-corrected chi connectivity index (χ0v) is 9.58. The van der Waals surface area contributed by atoms with Gasteiger partial charge in [-0.1, -0.05) is 30.3 Å². The molecule has 0 fully saturated rings. The minimum atomic E-state index is -0.994. The summed E-state index contributed by atoms with van der Waals surface area (Å²) in [6.07, 6.45) is 0. The van der Waals surface area contributed by atoms with E-state index in [0.717, 1.165) is 0 Å². The Morgan fingerprint density at radius 2 is 1.78 bits per heavy atom. The highest BCUT2D eigenvalue weighted by Gasteiger charge is 2.20. The van der Waals surface area contributed by atoms with Crippen molar-refractivity contribution in [3.8, 4) is 17.2 Å². The first-order valence-electron chi connectivity index (χ1n) is 5.62. The number of hydrogen-bond acceptors (Lipinski definition) is 4. The van der Waals surface area contributed by atoms with Crippen LogP contribution in [0.5, 0.6) is 17.2 Å². The molecule has 3 rings (SSSR count). The summed E-state index contributed by atoms with van der Waals surface area (Å²) in [5.74, 6) is 1.86. The molecule has 90 valence electrons. The second kappa shape index (κ2) is 4.62. The lowest BCUT2D eigenvalue weighted by atomic mass is 9.79. The van der Waals surface area contributed by atoms with Crippen molar-refractivity contribution in [3.05, 3.63) is 48.5 Å². The van der Waals surface area contributed by atoms with E-state index in [4.69, 9.17) is 14.1 Å². The molecule has 0 unspecified atom stereocenters. The first-order valence-corrected chi connectivity index (χ1v) is 5.62. The summed E-state index contributed by atoms with van der Waals surface area (Å²) in [6.45, 7) is 0.222. The van der Waals surface area contributed by atoms with Gasteiger partial charge in [0.05, 0.1) is 0 Å². The highest BCUT2D eigenvalue weighted by Crippen LogP contribution is 2.35. The molecule has 1 heterocycles. The summed E-state index contributed by atoms with van der Waals surface area (Å²) in [4.78, 5) is 0. The van der Waals surface area contributed by atoms with E-state index in [1.807, 2.05) is 18.2 Å². The van der Waals surface area contributed by atoms with E-state index in [1.54, 1.807) is 30.3 Å². The number of hydrogen-bond donors (Lipinski definition) is 1. The van der Waals surface area contributed by atoms with Gasteiger partial charge < -0.3 is 19.2 Å². The molecule has 1 aliphatic rings. The summed E-state index contributed by atoms with van der Waals surface area (Å²) in [7, 11) is -0.994. The van der Waals surface area contributed by atoms with Crippen molar-refractivity contribution in [3.63, 3.8) is 0 Å². The predicted octanol–water partition coefficient (Wildman–Crippen LogP) is 1.18. The van der Waals surface area contributed by atoms with Crippen LogP contribution >= 0.6 is 0 Å². The van der Waals surface area contributed by atoms with Crippen LogP contribution in [0.4, 0.5) is 0 Å². The quantitative estimate of drug-likeness (QED) is 0.821. The molecule has 0 radical (unpaired) electrons. The number of rotatable bonds is 3. The normalized spacial score (nSPS) is 12.3. The van der Waals surface area contributed by atoms with Crippen LogP contribution in [0.2, 0.25) is 0 Å². The SMILES string of the molecule is OB(Oc1ccc2c(c1)OCO2)c1ccccc1. The van der Waals surface area contributed by atoms with Crippen LogP contribution in [0.15, 0.2) is 48.5 Å². The maximum Gasteiger partial charge on any atom is 0.560 e. The topological polar surface area (TPSA) is 47.9 Å². The van der Waals surface area contributed by atoms with Gasteiger partial charge >= 0.3 is 7.12 Å². The van der Waals surface area contributed by atoms with Crippen LogP contribution in [0, 0.1) is 0 Å². The van der Waals surface area contributed by atoms with Crippen LogP contribution in [0.3, 0.4) is 0 Å². The first kappa shape index (κ1) is 11.0. The fourth-order valence-electron chi connectivity index (χ4n) is 1.76. The molecule has 1 aliphatic heterocycles. The number of ether oxygens (including phenoxy) is 2. The molecular weight excluding hydrogens is 231 g/mol. The smallest absolute Gasteiger partial charge is 0.532 e. The van der Waals surface area contributed by atoms with Crippen molar-refractivity contribution in [2.75, 3.05) is 6.79 Å². The lowest BCUT2D eigenvalue weighted by Gasteiger charge is -2.10. The van der Waals surface area contributed by atoms with Crippen molar-refractivity contribution < 1.29 is 19.2 Å². The van der Waals surface area contributed by atoms with Gasteiger partial charge in [0.1, 0.15) is 5.75 Å². The maximum absolute atomic E-state index is 9.93. The first-order chi connectivity index (χ1) is 8.83. The summed E-state index contributed by atoms with van der Waals surface area (Å²) >= 11 is 0. The molecule has 1 N–H and O–H groups in total. The molecule has 2 aromatic carbocycles. The van der Waals surface area contributed by atoms with Gasteiger partial charge in [0.15, 0.2) is 11.5 Å². The third kappa shape index (κ3) is 2.12. The molecule has 0 spiro atoms. The zero-order chi connectivity index (χ0) is 12.4. The van der Waals surface area contributed by atoms with E-state index < -0.39 is 7.12 Å². The van der Waals surface area contributed by atoms with Crippen molar-refractivity contribution in [1.82, 2.24) is 0 Å². The monoisotopic (exact) mass is 242 g/mol. The molecule has 0 saturated heterocycles. The second-order valence-electron chi connectivity index (χ2n) is 3.90. The van der Waals surface area contributed by atoms with Crippen molar-refractivity contribution >= 4 is 12.6 Å². The van der Waals surface area contributed by atoms with E-state index in [2.05, 4.69) is 0 Å². The molecule has 5 heteroatoms. The minimum Gasteiger partial charge on any atom is -0.532 e. The van der Waals surface area contributed by atoms with Crippen molar-refractivity contribution in [1.29, 1.82) is 0 Å². The van der Waals surface area contributed by atoms with Gasteiger partial charge in [-0.3, -0.25) is 0 Å². The molecule has 0 amide bonds. The molecule has 4 nitrogen and oxygen atoms in total. The van der Waals surface area contributed by atoms with Crippen LogP contribution in [0.25, 0.3) is 0 Å². The van der Waals surface area contributed by atoms with Crippen molar-refractivity contribution in [2.24, 2.45) is 0 Å². The molecule has 2 aromatic rings. The minimum absolute atomic E-state index is 0.222. The van der Waals surface area contributed by atoms with Gasteiger partial charge in [-0.2, -0.15) is 0 Å². The molecule has 0 saturated carbocycles. The number of benzene rings is 2. The van der Waals surface area contributed by atoms with Gasteiger partial charge in [0.2, 0.25) is 6.79 Å². The summed E-state index contributed by atoms with van der Waals surface area (Å²) in [6, 6.07) is 14.4. The zero-order valence-electron chi connectivity index (χ0n) is 9.58. The van der Waals surface area contributed by atoms with E-state index in [9.17, 15) is 5.02 Å². The Kier molecular flexibility index (Phi) is 2.82. The Hall–Kier alpha value is -2.14. The van der Waals surface area contributed by atoms with Gasteiger partial charge in [0, 0.05) is 6.07 Å².